The fourth-order valence-electron chi connectivity index (χ4n) is 3.53. The van der Waals surface area contributed by atoms with E-state index < -0.39 is 0 Å². The molecule has 2 aromatic heterocycles. The van der Waals surface area contributed by atoms with E-state index in [9.17, 15) is 4.79 Å². The fraction of sp³-hybridized carbons (Fsp3) is 0.333. The molecule has 0 unspecified atom stereocenters. The normalized spacial score (nSPS) is 14.9. The van der Waals surface area contributed by atoms with Crippen molar-refractivity contribution in [2.45, 2.75) is 13.1 Å². The van der Waals surface area contributed by atoms with E-state index in [4.69, 9.17) is 4.74 Å². The molecule has 1 aliphatic rings. The Morgan fingerprint density at radius 2 is 1.82 bits per heavy atom. The van der Waals surface area contributed by atoms with Gasteiger partial charge in [-0.05, 0) is 23.3 Å². The second kappa shape index (κ2) is 8.41. The van der Waals surface area contributed by atoms with Crippen LogP contribution >= 0.6 is 0 Å². The van der Waals surface area contributed by atoms with Gasteiger partial charge in [-0.1, -0.05) is 24.3 Å². The molecule has 0 aliphatic carbocycles. The number of carbonyl (C=O) groups is 1. The van der Waals surface area contributed by atoms with Crippen molar-refractivity contribution in [3.05, 3.63) is 71.7 Å². The van der Waals surface area contributed by atoms with Gasteiger partial charge in [0.2, 0.25) is 0 Å². The first kappa shape index (κ1) is 18.5. The molecule has 1 aromatic carbocycles. The summed E-state index contributed by atoms with van der Waals surface area (Å²) in [5.74, 6) is 0.627. The van der Waals surface area contributed by atoms with Gasteiger partial charge in [0.1, 0.15) is 11.4 Å². The molecule has 1 fully saturated rings. The molecule has 0 bridgehead atoms. The number of rotatable bonds is 6. The average molecular weight is 379 g/mol. The van der Waals surface area contributed by atoms with Crippen LogP contribution in [0.4, 0.5) is 0 Å². The Bertz CT molecular complexity index is 926. The molecular weight excluding hydrogens is 354 g/mol. The van der Waals surface area contributed by atoms with Crippen molar-refractivity contribution < 1.29 is 9.53 Å². The number of carbonyl (C=O) groups excluding carboxylic acids is 1. The number of benzene rings is 1. The van der Waals surface area contributed by atoms with Gasteiger partial charge in [0.05, 0.1) is 19.4 Å². The van der Waals surface area contributed by atoms with Crippen LogP contribution in [-0.2, 0) is 24.9 Å². The van der Waals surface area contributed by atoms with Crippen molar-refractivity contribution in [1.29, 1.82) is 0 Å². The van der Waals surface area contributed by atoms with E-state index in [1.54, 1.807) is 10.9 Å². The fourth-order valence-corrected chi connectivity index (χ4v) is 3.53. The Hall–Kier alpha value is -2.90. The Balaban J connectivity index is 1.46. The monoisotopic (exact) mass is 379 g/mol. The molecule has 3 aromatic rings. The van der Waals surface area contributed by atoms with Crippen molar-refractivity contribution >= 4 is 5.91 Å². The van der Waals surface area contributed by atoms with Gasteiger partial charge in [-0.15, -0.1) is 0 Å². The Morgan fingerprint density at radius 3 is 2.57 bits per heavy atom. The zero-order chi connectivity index (χ0) is 19.3. The smallest absolute Gasteiger partial charge is 0.256 e. The molecule has 0 saturated carbocycles. The molecule has 0 atom stereocenters. The molecule has 0 spiro atoms. The van der Waals surface area contributed by atoms with Crippen molar-refractivity contribution in [3.63, 3.8) is 0 Å². The summed E-state index contributed by atoms with van der Waals surface area (Å²) in [6, 6.07) is 12.1. The van der Waals surface area contributed by atoms with Crippen LogP contribution in [0.1, 0.15) is 21.5 Å². The quantitative estimate of drug-likeness (QED) is 0.711. The van der Waals surface area contributed by atoms with Crippen LogP contribution in [-0.4, -0.2) is 51.5 Å². The minimum atomic E-state index is -0.127. The molecule has 4 rings (SSSR count). The molecule has 0 radical (unpaired) electrons. The highest BCUT2D eigenvalue weighted by Crippen LogP contribution is 2.16. The first-order valence-corrected chi connectivity index (χ1v) is 9.53. The second-order valence-corrected chi connectivity index (χ2v) is 6.94. The van der Waals surface area contributed by atoms with E-state index in [0.29, 0.717) is 12.1 Å². The number of hydrogen-bond acceptors (Lipinski definition) is 4. The summed E-state index contributed by atoms with van der Waals surface area (Å²) in [5.41, 5.74) is 2.93. The number of ether oxygens (including phenoxy) is 1. The van der Waals surface area contributed by atoms with Gasteiger partial charge in [0, 0.05) is 45.6 Å². The van der Waals surface area contributed by atoms with Gasteiger partial charge < -0.3 is 14.6 Å². The maximum atomic E-state index is 12.8. The first-order chi connectivity index (χ1) is 13.7. The van der Waals surface area contributed by atoms with Crippen LogP contribution in [0.25, 0.3) is 5.82 Å². The zero-order valence-corrected chi connectivity index (χ0v) is 16.0. The van der Waals surface area contributed by atoms with Crippen LogP contribution in [0.5, 0.6) is 0 Å². The number of nitrogens with zero attached hydrogens (tertiary/aromatic N) is 4. The lowest BCUT2D eigenvalue weighted by molar-refractivity contribution is 0.0340. The molecule has 7 nitrogen and oxygen atoms in total. The lowest BCUT2D eigenvalue weighted by Gasteiger charge is -2.27. The van der Waals surface area contributed by atoms with Gasteiger partial charge in [-0.3, -0.25) is 14.4 Å². The molecule has 1 amide bonds. The van der Waals surface area contributed by atoms with Crippen LogP contribution in [0.3, 0.4) is 0 Å². The highest BCUT2D eigenvalue weighted by atomic mass is 16.5. The van der Waals surface area contributed by atoms with Crippen molar-refractivity contribution in [1.82, 2.24) is 24.6 Å². The zero-order valence-electron chi connectivity index (χ0n) is 16.0. The van der Waals surface area contributed by atoms with Gasteiger partial charge in [-0.25, -0.2) is 0 Å². The van der Waals surface area contributed by atoms with E-state index in [1.165, 1.54) is 5.56 Å². The van der Waals surface area contributed by atoms with E-state index in [-0.39, 0.29) is 5.91 Å². The van der Waals surface area contributed by atoms with Gasteiger partial charge in [0.15, 0.2) is 0 Å². The maximum Gasteiger partial charge on any atom is 0.256 e. The SMILES string of the molecule is Cn1ncc(C(=O)NCc2ccccc2CN2CCOCC2)c1-n1cccc1. The lowest BCUT2D eigenvalue weighted by atomic mass is 10.1. The van der Waals surface area contributed by atoms with E-state index >= 15 is 0 Å². The summed E-state index contributed by atoms with van der Waals surface area (Å²) in [4.78, 5) is 15.2. The first-order valence-electron chi connectivity index (χ1n) is 9.53. The topological polar surface area (TPSA) is 64.3 Å². The number of hydrogen-bond donors (Lipinski definition) is 1. The van der Waals surface area contributed by atoms with Crippen molar-refractivity contribution in [2.24, 2.45) is 7.05 Å². The summed E-state index contributed by atoms with van der Waals surface area (Å²) >= 11 is 0. The van der Waals surface area contributed by atoms with Crippen molar-refractivity contribution in [3.8, 4) is 5.82 Å². The maximum absolute atomic E-state index is 12.8. The van der Waals surface area contributed by atoms with Gasteiger partial charge >= 0.3 is 0 Å². The minimum absolute atomic E-state index is 0.127. The number of morpholine rings is 1. The van der Waals surface area contributed by atoms with Crippen LogP contribution in [0.2, 0.25) is 0 Å². The molecule has 1 aliphatic heterocycles. The van der Waals surface area contributed by atoms with Crippen LogP contribution < -0.4 is 5.32 Å². The van der Waals surface area contributed by atoms with Crippen LogP contribution in [0, 0.1) is 0 Å². The van der Waals surface area contributed by atoms with E-state index in [2.05, 4.69) is 27.4 Å². The molecular formula is C21H25N5O2. The minimum Gasteiger partial charge on any atom is -0.379 e. The Kier molecular flexibility index (Phi) is 5.55. The van der Waals surface area contributed by atoms with E-state index in [0.717, 1.165) is 44.2 Å². The molecule has 3 heterocycles. The predicted octanol–water partition coefficient (Wildman–Crippen LogP) is 1.97. The lowest BCUT2D eigenvalue weighted by Crippen LogP contribution is -2.36. The summed E-state index contributed by atoms with van der Waals surface area (Å²) in [7, 11) is 1.84. The summed E-state index contributed by atoms with van der Waals surface area (Å²) in [5, 5.41) is 7.32. The third kappa shape index (κ3) is 4.00. The van der Waals surface area contributed by atoms with Gasteiger partial charge in [0.25, 0.3) is 5.91 Å². The molecule has 28 heavy (non-hydrogen) atoms. The Labute approximate surface area is 164 Å². The average Bonchev–Trinajstić information content (AvgIpc) is 3.37. The molecule has 146 valence electrons. The number of aryl methyl sites for hydroxylation is 1. The standard InChI is InChI=1S/C21H25N5O2/c1-24-21(26-8-4-5-9-26)19(15-23-24)20(27)22-14-17-6-2-3-7-18(17)16-25-10-12-28-13-11-25/h2-9,15H,10-14,16H2,1H3,(H,22,27). The third-order valence-corrected chi connectivity index (χ3v) is 5.06. The molecule has 1 N–H and O–H groups in total. The number of aromatic nitrogens is 3. The van der Waals surface area contributed by atoms with Crippen LogP contribution in [0.15, 0.2) is 55.0 Å². The second-order valence-electron chi connectivity index (χ2n) is 6.94. The highest BCUT2D eigenvalue weighted by molar-refractivity contribution is 5.97. The Morgan fingerprint density at radius 1 is 1.11 bits per heavy atom. The summed E-state index contributed by atoms with van der Waals surface area (Å²) in [6.07, 6.45) is 5.43. The molecule has 1 saturated heterocycles. The number of nitrogens with one attached hydrogen (secondary N) is 1. The number of amides is 1. The summed E-state index contributed by atoms with van der Waals surface area (Å²) in [6.45, 7) is 4.80. The molecule has 7 heteroatoms. The third-order valence-electron chi connectivity index (χ3n) is 5.06. The van der Waals surface area contributed by atoms with E-state index in [1.807, 2.05) is 48.3 Å². The van der Waals surface area contributed by atoms with Gasteiger partial charge in [-0.2, -0.15) is 5.10 Å². The highest BCUT2D eigenvalue weighted by Gasteiger charge is 2.18. The largest absolute Gasteiger partial charge is 0.379 e. The van der Waals surface area contributed by atoms with Crippen molar-refractivity contribution in [2.75, 3.05) is 26.3 Å². The predicted molar refractivity (Wildman–Crippen MR) is 106 cm³/mol. The summed E-state index contributed by atoms with van der Waals surface area (Å²) < 4.78 is 9.04.